The molecule has 4 nitrogen and oxygen atoms in total. The fourth-order valence-corrected chi connectivity index (χ4v) is 2.59. The van der Waals surface area contributed by atoms with Crippen molar-refractivity contribution in [2.45, 2.75) is 24.8 Å². The lowest BCUT2D eigenvalue weighted by molar-refractivity contribution is 0.169. The molecule has 1 fully saturated rings. The summed E-state index contributed by atoms with van der Waals surface area (Å²) in [5.74, 6) is 1.02. The molecule has 1 aliphatic carbocycles. The number of halogens is 1. The van der Waals surface area contributed by atoms with Gasteiger partial charge in [-0.25, -0.2) is 0 Å². The summed E-state index contributed by atoms with van der Waals surface area (Å²) in [5, 5.41) is 10.3. The molecular weight excluding hydrogens is 242 g/mol. The smallest absolute Gasteiger partial charge is 0.183 e. The summed E-state index contributed by atoms with van der Waals surface area (Å²) in [4.78, 5) is 0. The third-order valence-corrected chi connectivity index (χ3v) is 3.88. The first-order chi connectivity index (χ1) is 8.12. The second-order valence-electron chi connectivity index (χ2n) is 4.62. The summed E-state index contributed by atoms with van der Waals surface area (Å²) in [6.07, 6.45) is 2.79. The molecule has 0 atom stereocenters. The van der Waals surface area contributed by atoms with Crippen molar-refractivity contribution in [1.82, 2.24) is 0 Å². The van der Waals surface area contributed by atoms with E-state index in [9.17, 15) is 5.11 Å². The SMILES string of the molecule is NC1(c2cc3c(c(Cl)c2O)OCCO3)CCC1. The Morgan fingerprint density at radius 2 is 2.00 bits per heavy atom. The number of hydrogen-bond donors (Lipinski definition) is 2. The van der Waals surface area contributed by atoms with Crippen LogP contribution in [0.5, 0.6) is 17.2 Å². The first-order valence-corrected chi connectivity index (χ1v) is 6.10. The van der Waals surface area contributed by atoms with Crippen molar-refractivity contribution in [3.63, 3.8) is 0 Å². The number of hydrogen-bond acceptors (Lipinski definition) is 4. The Morgan fingerprint density at radius 1 is 1.29 bits per heavy atom. The predicted molar refractivity (Wildman–Crippen MR) is 63.8 cm³/mol. The highest BCUT2D eigenvalue weighted by atomic mass is 35.5. The fourth-order valence-electron chi connectivity index (χ4n) is 2.34. The van der Waals surface area contributed by atoms with Crippen molar-refractivity contribution in [3.05, 3.63) is 16.7 Å². The van der Waals surface area contributed by atoms with Crippen LogP contribution in [0.15, 0.2) is 6.07 Å². The Morgan fingerprint density at radius 3 is 2.65 bits per heavy atom. The lowest BCUT2D eigenvalue weighted by Gasteiger charge is -2.39. The lowest BCUT2D eigenvalue weighted by atomic mass is 9.72. The van der Waals surface area contributed by atoms with Crippen molar-refractivity contribution < 1.29 is 14.6 Å². The van der Waals surface area contributed by atoms with E-state index in [1.54, 1.807) is 6.07 Å². The highest BCUT2D eigenvalue weighted by Crippen LogP contribution is 2.51. The number of phenols is 1. The van der Waals surface area contributed by atoms with E-state index in [2.05, 4.69) is 0 Å². The molecule has 0 unspecified atom stereocenters. The van der Waals surface area contributed by atoms with Gasteiger partial charge in [0.25, 0.3) is 0 Å². The number of ether oxygens (including phenoxy) is 2. The van der Waals surface area contributed by atoms with Gasteiger partial charge in [0.2, 0.25) is 0 Å². The average Bonchev–Trinajstić information content (AvgIpc) is 2.31. The molecule has 1 aromatic carbocycles. The van der Waals surface area contributed by atoms with E-state index in [1.807, 2.05) is 0 Å². The Labute approximate surface area is 104 Å². The molecule has 0 bridgehead atoms. The number of benzene rings is 1. The topological polar surface area (TPSA) is 64.7 Å². The third-order valence-electron chi connectivity index (χ3n) is 3.53. The van der Waals surface area contributed by atoms with E-state index >= 15 is 0 Å². The van der Waals surface area contributed by atoms with Gasteiger partial charge in [0.05, 0.1) is 0 Å². The summed E-state index contributed by atoms with van der Waals surface area (Å²) in [6, 6.07) is 1.76. The van der Waals surface area contributed by atoms with Gasteiger partial charge in [-0.3, -0.25) is 0 Å². The van der Waals surface area contributed by atoms with Crippen LogP contribution in [-0.2, 0) is 5.54 Å². The molecule has 2 aliphatic rings. The van der Waals surface area contributed by atoms with Gasteiger partial charge in [0, 0.05) is 11.1 Å². The second-order valence-corrected chi connectivity index (χ2v) is 5.00. The predicted octanol–water partition coefficient (Wildman–Crippen LogP) is 2.15. The highest BCUT2D eigenvalue weighted by Gasteiger charge is 2.39. The number of aromatic hydroxyl groups is 1. The van der Waals surface area contributed by atoms with E-state index in [4.69, 9.17) is 26.8 Å². The monoisotopic (exact) mass is 255 g/mol. The first-order valence-electron chi connectivity index (χ1n) is 5.72. The van der Waals surface area contributed by atoms with E-state index < -0.39 is 5.54 Å². The maximum absolute atomic E-state index is 10.1. The van der Waals surface area contributed by atoms with Crippen LogP contribution >= 0.6 is 11.6 Å². The zero-order chi connectivity index (χ0) is 12.0. The van der Waals surface area contributed by atoms with Crippen LogP contribution in [-0.4, -0.2) is 18.3 Å². The molecule has 1 aliphatic heterocycles. The van der Waals surface area contributed by atoms with Crippen LogP contribution in [0.4, 0.5) is 0 Å². The third kappa shape index (κ3) is 1.55. The number of rotatable bonds is 1. The largest absolute Gasteiger partial charge is 0.506 e. The molecule has 1 heterocycles. The molecule has 0 amide bonds. The molecule has 1 aromatic rings. The van der Waals surface area contributed by atoms with Crippen molar-refractivity contribution in [2.75, 3.05) is 13.2 Å². The highest BCUT2D eigenvalue weighted by molar-refractivity contribution is 6.34. The summed E-state index contributed by atoms with van der Waals surface area (Å²) >= 11 is 6.09. The molecule has 3 rings (SSSR count). The Bertz CT molecular complexity index is 471. The van der Waals surface area contributed by atoms with Crippen LogP contribution < -0.4 is 15.2 Å². The summed E-state index contributed by atoms with van der Waals surface area (Å²) in [5.41, 5.74) is 6.41. The van der Waals surface area contributed by atoms with Gasteiger partial charge in [-0.1, -0.05) is 11.6 Å². The Balaban J connectivity index is 2.13. The standard InChI is InChI=1S/C12H14ClNO3/c13-9-10(15)7(12(14)2-1-3-12)6-8-11(9)17-5-4-16-8/h6,15H,1-5,14H2. The van der Waals surface area contributed by atoms with Crippen LogP contribution in [0.2, 0.25) is 5.02 Å². The van der Waals surface area contributed by atoms with E-state index in [-0.39, 0.29) is 10.8 Å². The van der Waals surface area contributed by atoms with Crippen molar-refractivity contribution >= 4 is 11.6 Å². The van der Waals surface area contributed by atoms with Gasteiger partial charge in [0.1, 0.15) is 24.0 Å². The normalized spacial score (nSPS) is 20.8. The van der Waals surface area contributed by atoms with Crippen molar-refractivity contribution in [3.8, 4) is 17.2 Å². The molecule has 92 valence electrons. The maximum Gasteiger partial charge on any atom is 0.183 e. The molecule has 0 aromatic heterocycles. The molecule has 0 spiro atoms. The summed E-state index contributed by atoms with van der Waals surface area (Å²) in [6.45, 7) is 0.935. The molecular formula is C12H14ClNO3. The molecule has 5 heteroatoms. The zero-order valence-corrected chi connectivity index (χ0v) is 10.1. The van der Waals surface area contributed by atoms with Gasteiger partial charge >= 0.3 is 0 Å². The van der Waals surface area contributed by atoms with Gasteiger partial charge < -0.3 is 20.3 Å². The molecule has 0 radical (unpaired) electrons. The average molecular weight is 256 g/mol. The number of phenolic OH excluding ortho intramolecular Hbond substituents is 1. The molecule has 0 saturated heterocycles. The van der Waals surface area contributed by atoms with E-state index in [0.717, 1.165) is 19.3 Å². The van der Waals surface area contributed by atoms with Crippen molar-refractivity contribution in [1.29, 1.82) is 0 Å². The minimum Gasteiger partial charge on any atom is -0.506 e. The maximum atomic E-state index is 10.1. The van der Waals surface area contributed by atoms with Gasteiger partial charge in [0.15, 0.2) is 11.5 Å². The van der Waals surface area contributed by atoms with Crippen LogP contribution in [0.1, 0.15) is 24.8 Å². The van der Waals surface area contributed by atoms with E-state index in [0.29, 0.717) is 30.3 Å². The minimum absolute atomic E-state index is 0.0260. The quantitative estimate of drug-likeness (QED) is 0.807. The zero-order valence-electron chi connectivity index (χ0n) is 9.33. The van der Waals surface area contributed by atoms with Crippen LogP contribution in [0.3, 0.4) is 0 Å². The Hall–Kier alpha value is -1.13. The molecule has 3 N–H and O–H groups in total. The fraction of sp³-hybridized carbons (Fsp3) is 0.500. The van der Waals surface area contributed by atoms with Crippen LogP contribution in [0, 0.1) is 0 Å². The van der Waals surface area contributed by atoms with Gasteiger partial charge in [-0.15, -0.1) is 0 Å². The Kier molecular flexibility index (Phi) is 2.38. The number of nitrogens with two attached hydrogens (primary N) is 1. The summed E-state index contributed by atoms with van der Waals surface area (Å²) < 4.78 is 10.9. The molecule has 1 saturated carbocycles. The molecule has 17 heavy (non-hydrogen) atoms. The van der Waals surface area contributed by atoms with Gasteiger partial charge in [-0.05, 0) is 25.3 Å². The lowest BCUT2D eigenvalue weighted by Crippen LogP contribution is -2.43. The summed E-state index contributed by atoms with van der Waals surface area (Å²) in [7, 11) is 0. The van der Waals surface area contributed by atoms with Crippen molar-refractivity contribution in [2.24, 2.45) is 5.73 Å². The van der Waals surface area contributed by atoms with Crippen LogP contribution in [0.25, 0.3) is 0 Å². The van der Waals surface area contributed by atoms with E-state index in [1.165, 1.54) is 0 Å². The number of fused-ring (bicyclic) bond motifs is 1. The second kappa shape index (κ2) is 3.68. The van der Waals surface area contributed by atoms with Gasteiger partial charge in [-0.2, -0.15) is 0 Å². The minimum atomic E-state index is -0.469. The first kappa shape index (κ1) is 11.0.